The maximum atomic E-state index is 12.4. The van der Waals surface area contributed by atoms with Crippen LogP contribution in [0.1, 0.15) is 92.8 Å². The van der Waals surface area contributed by atoms with E-state index in [1.165, 1.54) is 6.20 Å². The normalized spacial score (nSPS) is 12.6. The van der Waals surface area contributed by atoms with E-state index in [0.717, 1.165) is 0 Å². The minimum absolute atomic E-state index is 0.0939. The van der Waals surface area contributed by atoms with Gasteiger partial charge in [-0.2, -0.15) is 0 Å². The highest BCUT2D eigenvalue weighted by Crippen LogP contribution is 2.26. The van der Waals surface area contributed by atoms with Crippen LogP contribution in [0.25, 0.3) is 0 Å². The van der Waals surface area contributed by atoms with Crippen molar-refractivity contribution in [2.45, 2.75) is 71.9 Å². The first kappa shape index (κ1) is 23.3. The van der Waals surface area contributed by atoms with Crippen LogP contribution in [0.2, 0.25) is 0 Å². The molecule has 164 valence electrons. The molecule has 0 radical (unpaired) electrons. The van der Waals surface area contributed by atoms with Crippen LogP contribution in [0.4, 0.5) is 0 Å². The van der Waals surface area contributed by atoms with E-state index in [-0.39, 0.29) is 29.8 Å². The fourth-order valence-electron chi connectivity index (χ4n) is 2.90. The van der Waals surface area contributed by atoms with E-state index in [1.807, 2.05) is 34.6 Å². The number of esters is 2. The second-order valence-electron chi connectivity index (χ2n) is 8.16. The highest BCUT2D eigenvalue weighted by Gasteiger charge is 2.27. The van der Waals surface area contributed by atoms with E-state index >= 15 is 0 Å². The van der Waals surface area contributed by atoms with Gasteiger partial charge in [-0.15, -0.1) is 5.10 Å². The summed E-state index contributed by atoms with van der Waals surface area (Å²) in [5, 5.41) is 7.78. The fraction of sp³-hybridized carbons (Fsp3) is 0.571. The number of nitrogens with one attached hydrogen (secondary N) is 1. The van der Waals surface area contributed by atoms with Crippen molar-refractivity contribution in [2.75, 3.05) is 6.61 Å². The highest BCUT2D eigenvalue weighted by molar-refractivity contribution is 5.89. The smallest absolute Gasteiger partial charge is 0.361 e. The Labute approximate surface area is 175 Å². The molecule has 0 aromatic carbocycles. The largest absolute Gasteiger partial charge is 0.462 e. The Hall–Kier alpha value is -2.97. The molecule has 1 unspecified atom stereocenters. The summed E-state index contributed by atoms with van der Waals surface area (Å²) in [6.07, 6.45) is 4.01. The number of pyridine rings is 1. The molecule has 0 fully saturated rings. The van der Waals surface area contributed by atoms with Crippen molar-refractivity contribution in [3.63, 3.8) is 0 Å². The Balaban J connectivity index is 2.02. The van der Waals surface area contributed by atoms with Gasteiger partial charge in [0.1, 0.15) is 5.60 Å². The number of H-pyrrole nitrogens is 1. The third-order valence-corrected chi connectivity index (χ3v) is 4.77. The quantitative estimate of drug-likeness (QED) is 0.621. The van der Waals surface area contributed by atoms with Gasteiger partial charge in [-0.25, -0.2) is 14.3 Å². The van der Waals surface area contributed by atoms with Crippen molar-refractivity contribution < 1.29 is 19.1 Å². The van der Waals surface area contributed by atoms with Crippen molar-refractivity contribution in [3.8, 4) is 0 Å². The summed E-state index contributed by atoms with van der Waals surface area (Å²) < 4.78 is 12.2. The molecule has 2 rings (SSSR count). The van der Waals surface area contributed by atoms with Crippen molar-refractivity contribution in [1.82, 2.24) is 20.0 Å². The number of rotatable bonds is 9. The zero-order valence-corrected chi connectivity index (χ0v) is 18.4. The average Bonchev–Trinajstić information content (AvgIpc) is 3.17. The molecule has 9 nitrogen and oxygen atoms in total. The first-order valence-electron chi connectivity index (χ1n) is 10.1. The fourth-order valence-corrected chi connectivity index (χ4v) is 2.90. The first-order chi connectivity index (χ1) is 14.0. The van der Waals surface area contributed by atoms with Gasteiger partial charge in [0.25, 0.3) is 5.56 Å². The number of carbonyl (C=O) groups is 2. The number of hydrogen-bond donors (Lipinski definition) is 1. The zero-order chi connectivity index (χ0) is 22.5. The molecule has 0 bridgehead atoms. The van der Waals surface area contributed by atoms with Crippen LogP contribution in [-0.2, 0) is 9.47 Å². The van der Waals surface area contributed by atoms with E-state index < -0.39 is 17.5 Å². The van der Waals surface area contributed by atoms with Crippen LogP contribution in [0.3, 0.4) is 0 Å². The number of aromatic nitrogens is 4. The van der Waals surface area contributed by atoms with Gasteiger partial charge in [0.2, 0.25) is 0 Å². The molecular formula is C21H30N4O5. The maximum Gasteiger partial charge on any atom is 0.361 e. The molecule has 2 aromatic rings. The zero-order valence-electron chi connectivity index (χ0n) is 18.4. The van der Waals surface area contributed by atoms with E-state index in [0.29, 0.717) is 24.0 Å². The molecule has 1 N–H and O–H groups in total. The first-order valence-corrected chi connectivity index (χ1v) is 10.1. The van der Waals surface area contributed by atoms with Crippen molar-refractivity contribution in [2.24, 2.45) is 0 Å². The molecule has 30 heavy (non-hydrogen) atoms. The van der Waals surface area contributed by atoms with E-state index in [9.17, 15) is 14.4 Å². The number of ether oxygens (including phenoxy) is 2. The lowest BCUT2D eigenvalue weighted by Crippen LogP contribution is -2.29. The standard InChI is InChI=1S/C21H30N4O5/c1-7-29-19(27)15-10-16(18(26)22-11-15)14(4)8-9-21(5,6)30-20(28)17-12-25(13(2)3)24-23-17/h10-14H,7-9H2,1-6H3,(H,22,26). The lowest BCUT2D eigenvalue weighted by atomic mass is 9.91. The summed E-state index contributed by atoms with van der Waals surface area (Å²) >= 11 is 0. The Morgan fingerprint density at radius 2 is 1.93 bits per heavy atom. The molecule has 0 aliphatic heterocycles. The Bertz CT molecular complexity index is 945. The summed E-state index contributed by atoms with van der Waals surface area (Å²) in [4.78, 5) is 39.2. The average molecular weight is 418 g/mol. The van der Waals surface area contributed by atoms with Crippen LogP contribution in [0.15, 0.2) is 23.3 Å². The van der Waals surface area contributed by atoms with Crippen LogP contribution in [0, 0.1) is 0 Å². The lowest BCUT2D eigenvalue weighted by Gasteiger charge is -2.26. The maximum absolute atomic E-state index is 12.4. The van der Waals surface area contributed by atoms with Gasteiger partial charge in [0.05, 0.1) is 18.4 Å². The Morgan fingerprint density at radius 1 is 1.23 bits per heavy atom. The molecule has 2 aromatic heterocycles. The highest BCUT2D eigenvalue weighted by atomic mass is 16.6. The predicted octanol–water partition coefficient (Wildman–Crippen LogP) is 3.24. The molecule has 1 atom stereocenters. The van der Waals surface area contributed by atoms with Crippen molar-refractivity contribution >= 4 is 11.9 Å². The molecule has 0 aliphatic carbocycles. The topological polar surface area (TPSA) is 116 Å². The Kier molecular flexibility index (Phi) is 7.53. The van der Waals surface area contributed by atoms with Crippen LogP contribution in [-0.4, -0.2) is 44.1 Å². The van der Waals surface area contributed by atoms with E-state index in [4.69, 9.17) is 9.47 Å². The molecule has 0 aliphatic rings. The van der Waals surface area contributed by atoms with Crippen LogP contribution >= 0.6 is 0 Å². The lowest BCUT2D eigenvalue weighted by molar-refractivity contribution is -0.00653. The number of hydrogen-bond acceptors (Lipinski definition) is 7. The Morgan fingerprint density at radius 3 is 2.53 bits per heavy atom. The van der Waals surface area contributed by atoms with E-state index in [1.54, 1.807) is 23.9 Å². The summed E-state index contributed by atoms with van der Waals surface area (Å²) in [6.45, 7) is 11.4. The third-order valence-electron chi connectivity index (χ3n) is 4.77. The molecule has 0 amide bonds. The van der Waals surface area contributed by atoms with Crippen LogP contribution < -0.4 is 5.56 Å². The molecule has 2 heterocycles. The van der Waals surface area contributed by atoms with Crippen LogP contribution in [0.5, 0.6) is 0 Å². The van der Waals surface area contributed by atoms with Crippen molar-refractivity contribution in [3.05, 3.63) is 45.6 Å². The molecule has 0 saturated carbocycles. The summed E-state index contributed by atoms with van der Waals surface area (Å²) in [5.74, 6) is -1.17. The molecule has 9 heteroatoms. The van der Waals surface area contributed by atoms with Gasteiger partial charge in [-0.3, -0.25) is 4.79 Å². The van der Waals surface area contributed by atoms with Gasteiger partial charge in [-0.05, 0) is 59.4 Å². The monoisotopic (exact) mass is 418 g/mol. The minimum Gasteiger partial charge on any atom is -0.462 e. The van der Waals surface area contributed by atoms with E-state index in [2.05, 4.69) is 15.3 Å². The third kappa shape index (κ3) is 6.01. The van der Waals surface area contributed by atoms with Gasteiger partial charge in [0.15, 0.2) is 5.69 Å². The number of nitrogens with zero attached hydrogens (tertiary/aromatic N) is 3. The molecule has 0 spiro atoms. The molecule has 0 saturated heterocycles. The summed E-state index contributed by atoms with van der Waals surface area (Å²) in [7, 11) is 0. The van der Waals surface area contributed by atoms with Gasteiger partial charge < -0.3 is 14.5 Å². The number of aromatic amines is 1. The SMILES string of the molecule is CCOC(=O)c1c[nH]c(=O)c(C(C)CCC(C)(C)OC(=O)c2cn(C(C)C)nn2)c1. The second kappa shape index (κ2) is 9.69. The summed E-state index contributed by atoms with van der Waals surface area (Å²) in [6, 6.07) is 1.65. The van der Waals surface area contributed by atoms with Gasteiger partial charge in [0, 0.05) is 17.8 Å². The van der Waals surface area contributed by atoms with Crippen molar-refractivity contribution in [1.29, 1.82) is 0 Å². The second-order valence-corrected chi connectivity index (χ2v) is 8.16. The predicted molar refractivity (Wildman–Crippen MR) is 111 cm³/mol. The van der Waals surface area contributed by atoms with Gasteiger partial charge >= 0.3 is 11.9 Å². The minimum atomic E-state index is -0.765. The molecular weight excluding hydrogens is 388 g/mol. The number of carbonyl (C=O) groups excluding carboxylic acids is 2. The summed E-state index contributed by atoms with van der Waals surface area (Å²) in [5.41, 5.74) is -0.0720. The van der Waals surface area contributed by atoms with Gasteiger partial charge in [-0.1, -0.05) is 12.1 Å².